The molecule has 2 heterocycles. The molecule has 0 bridgehead atoms. The maximum Gasteiger partial charge on any atom is 0.407 e. The Bertz CT molecular complexity index is 1090. The fourth-order valence-corrected chi connectivity index (χ4v) is 4.36. The summed E-state index contributed by atoms with van der Waals surface area (Å²) in [4.78, 5) is 26.2. The molecule has 1 aliphatic carbocycles. The van der Waals surface area contributed by atoms with Crippen LogP contribution in [0.3, 0.4) is 0 Å². The number of hydrogen-bond donors (Lipinski definition) is 2. The van der Waals surface area contributed by atoms with Crippen molar-refractivity contribution in [2.75, 3.05) is 25.2 Å². The van der Waals surface area contributed by atoms with E-state index in [-0.39, 0.29) is 24.7 Å². The molecule has 1 saturated carbocycles. The molecule has 2 atom stereocenters. The Morgan fingerprint density at radius 1 is 1.26 bits per heavy atom. The number of benzene rings is 1. The minimum Gasteiger partial charge on any atom is -0.483 e. The normalized spacial score (nSPS) is 19.9. The highest BCUT2D eigenvalue weighted by molar-refractivity contribution is 5.85. The smallest absolute Gasteiger partial charge is 0.407 e. The second-order valence-corrected chi connectivity index (χ2v) is 8.71. The number of amides is 2. The highest BCUT2D eigenvalue weighted by Gasteiger charge is 2.34. The van der Waals surface area contributed by atoms with Crippen LogP contribution >= 0.6 is 0 Å². The van der Waals surface area contributed by atoms with Crippen LogP contribution in [0, 0.1) is 12.3 Å². The quantitative estimate of drug-likeness (QED) is 0.557. The molecule has 4 rings (SSSR count). The fraction of sp³-hybridized carbons (Fsp3) is 0.480. The molecular weight excluding hydrogens is 452 g/mol. The van der Waals surface area contributed by atoms with Gasteiger partial charge in [-0.2, -0.15) is 9.89 Å². The Morgan fingerprint density at radius 2 is 2.06 bits per heavy atom. The molecule has 0 spiro atoms. The number of nitrogens with zero attached hydrogens (tertiary/aromatic N) is 2. The number of aromatic nitrogens is 2. The van der Waals surface area contributed by atoms with Gasteiger partial charge in [-0.25, -0.2) is 10.2 Å². The maximum atomic E-state index is 12.7. The lowest BCUT2D eigenvalue weighted by atomic mass is 10.0. The molecule has 10 nitrogen and oxygen atoms in total. The average Bonchev–Trinajstić information content (AvgIpc) is 3.59. The van der Waals surface area contributed by atoms with Crippen molar-refractivity contribution in [1.82, 2.24) is 15.2 Å². The number of terminal acetylenes is 1. The van der Waals surface area contributed by atoms with E-state index >= 15 is 0 Å². The van der Waals surface area contributed by atoms with Crippen LogP contribution < -0.4 is 15.5 Å². The van der Waals surface area contributed by atoms with Crippen molar-refractivity contribution in [1.29, 1.82) is 0 Å². The highest BCUT2D eigenvalue weighted by Crippen LogP contribution is 2.36. The lowest BCUT2D eigenvalue weighted by Gasteiger charge is -2.22. The third-order valence-corrected chi connectivity index (χ3v) is 5.84. The van der Waals surface area contributed by atoms with Gasteiger partial charge in [0.2, 0.25) is 0 Å². The molecule has 2 aromatic rings. The summed E-state index contributed by atoms with van der Waals surface area (Å²) in [5.74, 6) is 2.54. The predicted molar refractivity (Wildman–Crippen MR) is 126 cm³/mol. The van der Waals surface area contributed by atoms with E-state index in [1.54, 1.807) is 24.4 Å². The number of hydrogen-bond acceptors (Lipinski definition) is 7. The number of ether oxygens (including phenoxy) is 4. The molecule has 1 aromatic carbocycles. The van der Waals surface area contributed by atoms with Crippen LogP contribution in [0.5, 0.6) is 5.75 Å². The molecule has 2 amide bonds. The van der Waals surface area contributed by atoms with Crippen molar-refractivity contribution >= 4 is 12.0 Å². The lowest BCUT2D eigenvalue weighted by Crippen LogP contribution is -2.36. The number of alkyl carbamates (subject to hydrolysis) is 1. The van der Waals surface area contributed by atoms with Crippen LogP contribution in [0.2, 0.25) is 0 Å². The SMILES string of the molecule is C#Cc1cccc(OCC(=O)Nn2nccc2C2CCCC2OC(=O)NC(C)C)c1C1OCCO1. The first kappa shape index (κ1) is 24.6. The van der Waals surface area contributed by atoms with E-state index < -0.39 is 18.3 Å². The fourth-order valence-electron chi connectivity index (χ4n) is 4.36. The Balaban J connectivity index is 1.40. The molecule has 186 valence electrons. The Labute approximate surface area is 204 Å². The molecule has 35 heavy (non-hydrogen) atoms. The van der Waals surface area contributed by atoms with E-state index in [1.807, 2.05) is 19.9 Å². The largest absolute Gasteiger partial charge is 0.483 e. The zero-order valence-electron chi connectivity index (χ0n) is 19.9. The van der Waals surface area contributed by atoms with Crippen molar-refractivity contribution < 1.29 is 28.5 Å². The first-order chi connectivity index (χ1) is 17.0. The molecule has 1 aliphatic heterocycles. The molecule has 1 aromatic heterocycles. The van der Waals surface area contributed by atoms with Crippen LogP contribution in [0.25, 0.3) is 0 Å². The average molecular weight is 483 g/mol. The first-order valence-corrected chi connectivity index (χ1v) is 11.7. The zero-order valence-corrected chi connectivity index (χ0v) is 19.9. The van der Waals surface area contributed by atoms with E-state index in [4.69, 9.17) is 25.4 Å². The van der Waals surface area contributed by atoms with Gasteiger partial charge in [0.15, 0.2) is 12.9 Å². The van der Waals surface area contributed by atoms with E-state index in [0.29, 0.717) is 30.1 Å². The van der Waals surface area contributed by atoms with Crippen molar-refractivity contribution in [3.8, 4) is 18.1 Å². The summed E-state index contributed by atoms with van der Waals surface area (Å²) in [5.41, 5.74) is 4.68. The maximum absolute atomic E-state index is 12.7. The number of nitrogens with one attached hydrogen (secondary N) is 2. The van der Waals surface area contributed by atoms with Gasteiger partial charge in [-0.3, -0.25) is 4.79 Å². The summed E-state index contributed by atoms with van der Waals surface area (Å²) < 4.78 is 22.6. The first-order valence-electron chi connectivity index (χ1n) is 11.7. The van der Waals surface area contributed by atoms with Crippen LogP contribution in [-0.2, 0) is 19.0 Å². The van der Waals surface area contributed by atoms with Crippen molar-refractivity contribution in [3.63, 3.8) is 0 Å². The van der Waals surface area contributed by atoms with Crippen LogP contribution in [0.1, 0.15) is 62.1 Å². The minimum absolute atomic E-state index is 0.0131. The van der Waals surface area contributed by atoms with Gasteiger partial charge in [-0.1, -0.05) is 12.0 Å². The summed E-state index contributed by atoms with van der Waals surface area (Å²) in [6, 6.07) is 7.04. The molecular formula is C25H30N4O6. The second kappa shape index (κ2) is 11.3. The predicted octanol–water partition coefficient (Wildman–Crippen LogP) is 2.83. The van der Waals surface area contributed by atoms with E-state index in [2.05, 4.69) is 21.8 Å². The standard InChI is InChI=1S/C25H30N4O6/c1-4-17-7-5-10-21(23(17)24-32-13-14-33-24)34-15-22(30)28-29-19(11-12-26-29)18-8-6-9-20(18)35-25(31)27-16(2)3/h1,5,7,10-12,16,18,20,24H,6,8-9,13-15H2,2-3H3,(H,27,31)(H,28,30). The van der Waals surface area contributed by atoms with Gasteiger partial charge in [-0.05, 0) is 51.3 Å². The van der Waals surface area contributed by atoms with E-state index in [0.717, 1.165) is 25.0 Å². The summed E-state index contributed by atoms with van der Waals surface area (Å²) >= 11 is 0. The van der Waals surface area contributed by atoms with Gasteiger partial charge in [0.05, 0.1) is 30.7 Å². The Kier molecular flexibility index (Phi) is 7.90. The summed E-state index contributed by atoms with van der Waals surface area (Å²) in [7, 11) is 0. The lowest BCUT2D eigenvalue weighted by molar-refractivity contribution is -0.119. The molecule has 2 unspecified atom stereocenters. The minimum atomic E-state index is -0.634. The summed E-state index contributed by atoms with van der Waals surface area (Å²) in [6.45, 7) is 4.39. The molecule has 0 radical (unpaired) electrons. The van der Waals surface area contributed by atoms with Crippen molar-refractivity contribution in [2.45, 2.75) is 57.5 Å². The van der Waals surface area contributed by atoms with E-state index in [1.165, 1.54) is 4.79 Å². The Hall–Kier alpha value is -3.55. The van der Waals surface area contributed by atoms with Crippen LogP contribution in [0.4, 0.5) is 4.79 Å². The van der Waals surface area contributed by atoms with Crippen molar-refractivity contribution in [2.24, 2.45) is 0 Å². The topological polar surface area (TPSA) is 113 Å². The zero-order chi connectivity index (χ0) is 24.8. The molecule has 2 N–H and O–H groups in total. The molecule has 1 saturated heterocycles. The third kappa shape index (κ3) is 5.93. The van der Waals surface area contributed by atoms with Gasteiger partial charge in [-0.15, -0.1) is 6.42 Å². The highest BCUT2D eigenvalue weighted by atomic mass is 16.7. The van der Waals surface area contributed by atoms with Gasteiger partial charge < -0.3 is 24.3 Å². The molecule has 2 fully saturated rings. The second-order valence-electron chi connectivity index (χ2n) is 8.71. The number of rotatable bonds is 8. The molecule has 2 aliphatic rings. The number of carbonyl (C=O) groups excluding carboxylic acids is 2. The van der Waals surface area contributed by atoms with Crippen molar-refractivity contribution in [3.05, 3.63) is 47.3 Å². The summed E-state index contributed by atoms with van der Waals surface area (Å²) in [5, 5.41) is 6.98. The summed E-state index contributed by atoms with van der Waals surface area (Å²) in [6.07, 6.45) is 8.34. The van der Waals surface area contributed by atoms with Gasteiger partial charge in [0.25, 0.3) is 5.91 Å². The van der Waals surface area contributed by atoms with Crippen LogP contribution in [-0.4, -0.2) is 53.9 Å². The number of carbonyl (C=O) groups is 2. The third-order valence-electron chi connectivity index (χ3n) is 5.84. The molecule has 10 heteroatoms. The van der Waals surface area contributed by atoms with E-state index in [9.17, 15) is 9.59 Å². The van der Waals surface area contributed by atoms with Gasteiger partial charge >= 0.3 is 6.09 Å². The van der Waals surface area contributed by atoms with Crippen LogP contribution in [0.15, 0.2) is 30.5 Å². The van der Waals surface area contributed by atoms with Gasteiger partial charge in [0, 0.05) is 17.5 Å². The Morgan fingerprint density at radius 3 is 2.80 bits per heavy atom. The monoisotopic (exact) mass is 482 g/mol. The van der Waals surface area contributed by atoms with Gasteiger partial charge in [0.1, 0.15) is 11.9 Å².